The van der Waals surface area contributed by atoms with Crippen molar-refractivity contribution >= 4 is 11.8 Å². The average molecular weight is 489 g/mol. The molecule has 2 aromatic carbocycles. The first kappa shape index (κ1) is 21.2. The zero-order chi connectivity index (χ0) is 24.6. The van der Waals surface area contributed by atoms with Gasteiger partial charge in [0.15, 0.2) is 11.5 Å². The van der Waals surface area contributed by atoms with Crippen LogP contribution in [0.15, 0.2) is 36.4 Å². The van der Waals surface area contributed by atoms with E-state index in [0.29, 0.717) is 54.0 Å². The predicted octanol–water partition coefficient (Wildman–Crippen LogP) is 2.11. The average Bonchev–Trinajstić information content (AvgIpc) is 3.56. The SMILES string of the molecule is O=C1c2ccccc2C(=O)N1C1CCC2(O)C3[C@@H](O)c4ccc(O)c5c4C2(CCN3CC2CC2)C1O5. The van der Waals surface area contributed by atoms with Gasteiger partial charge in [0.1, 0.15) is 6.10 Å². The summed E-state index contributed by atoms with van der Waals surface area (Å²) in [7, 11) is 0. The number of nitrogens with zero attached hydrogens (tertiary/aromatic N) is 2. The number of carbonyl (C=O) groups excluding carboxylic acids is 2. The number of rotatable bonds is 3. The number of aromatic hydroxyl groups is 1. The molecule has 1 saturated heterocycles. The van der Waals surface area contributed by atoms with Gasteiger partial charge < -0.3 is 20.1 Å². The van der Waals surface area contributed by atoms with Gasteiger partial charge in [0.25, 0.3) is 11.8 Å². The molecule has 2 amide bonds. The first-order chi connectivity index (χ1) is 17.4. The van der Waals surface area contributed by atoms with Crippen LogP contribution in [-0.4, -0.2) is 73.8 Å². The number of aliphatic hydroxyl groups excluding tert-OH is 1. The van der Waals surface area contributed by atoms with Crippen LogP contribution in [0.5, 0.6) is 11.5 Å². The number of benzene rings is 2. The van der Waals surface area contributed by atoms with Gasteiger partial charge in [0.05, 0.1) is 40.3 Å². The fraction of sp³-hybridized carbons (Fsp3) is 0.500. The number of fused-ring (bicyclic) bond motifs is 1. The third-order valence-corrected chi connectivity index (χ3v) is 9.93. The minimum absolute atomic E-state index is 0.0490. The Bertz CT molecular complexity index is 1320. The van der Waals surface area contributed by atoms with Crippen molar-refractivity contribution in [1.82, 2.24) is 9.80 Å². The lowest BCUT2D eigenvalue weighted by molar-refractivity contribution is -0.220. The second kappa shape index (κ2) is 6.68. The van der Waals surface area contributed by atoms with Gasteiger partial charge in [-0.05, 0) is 68.3 Å². The predicted molar refractivity (Wildman–Crippen MR) is 127 cm³/mol. The van der Waals surface area contributed by atoms with Gasteiger partial charge in [-0.2, -0.15) is 0 Å². The Morgan fingerprint density at radius 2 is 1.72 bits per heavy atom. The molecule has 1 spiro atoms. The van der Waals surface area contributed by atoms with Crippen LogP contribution in [-0.2, 0) is 5.41 Å². The van der Waals surface area contributed by atoms with E-state index in [2.05, 4.69) is 4.90 Å². The highest BCUT2D eigenvalue weighted by atomic mass is 16.5. The lowest BCUT2D eigenvalue weighted by atomic mass is 9.47. The molecule has 6 aliphatic rings. The number of aliphatic hydroxyl groups is 2. The summed E-state index contributed by atoms with van der Waals surface area (Å²) in [5.74, 6) is 0.131. The molecule has 8 nitrogen and oxygen atoms in total. The second-order valence-corrected chi connectivity index (χ2v) is 11.5. The molecule has 2 saturated carbocycles. The molecule has 2 bridgehead atoms. The summed E-state index contributed by atoms with van der Waals surface area (Å²) < 4.78 is 6.49. The first-order valence-corrected chi connectivity index (χ1v) is 13.0. The van der Waals surface area contributed by atoms with Crippen molar-refractivity contribution in [3.8, 4) is 11.5 Å². The van der Waals surface area contributed by atoms with Crippen LogP contribution in [0.25, 0.3) is 0 Å². The molecule has 6 atom stereocenters. The maximum absolute atomic E-state index is 13.5. The Balaban J connectivity index is 1.30. The van der Waals surface area contributed by atoms with Crippen LogP contribution in [0.3, 0.4) is 0 Å². The van der Waals surface area contributed by atoms with E-state index >= 15 is 0 Å². The Morgan fingerprint density at radius 3 is 2.42 bits per heavy atom. The molecular formula is C28H28N2O6. The summed E-state index contributed by atoms with van der Waals surface area (Å²) in [6, 6.07) is 9.02. The lowest BCUT2D eigenvalue weighted by Gasteiger charge is -2.65. The molecule has 0 radical (unpaired) electrons. The number of hydrogen-bond donors (Lipinski definition) is 3. The normalized spacial score (nSPS) is 38.1. The van der Waals surface area contributed by atoms with Crippen LogP contribution in [0.4, 0.5) is 0 Å². The van der Waals surface area contributed by atoms with E-state index in [1.54, 1.807) is 30.3 Å². The number of hydrogen-bond acceptors (Lipinski definition) is 7. The number of likely N-dealkylation sites (tertiary alicyclic amines) is 1. The number of imide groups is 1. The number of carbonyl (C=O) groups is 2. The molecule has 3 fully saturated rings. The largest absolute Gasteiger partial charge is 0.504 e. The molecule has 3 aliphatic heterocycles. The quantitative estimate of drug-likeness (QED) is 0.568. The van der Waals surface area contributed by atoms with Gasteiger partial charge >= 0.3 is 0 Å². The summed E-state index contributed by atoms with van der Waals surface area (Å²) in [5.41, 5.74) is -0.147. The molecule has 2 aromatic rings. The minimum atomic E-state index is -1.31. The lowest BCUT2D eigenvalue weighted by Crippen LogP contribution is -2.79. The summed E-state index contributed by atoms with van der Waals surface area (Å²) in [6.45, 7) is 1.51. The topological polar surface area (TPSA) is 111 Å². The van der Waals surface area contributed by atoms with Gasteiger partial charge in [-0.25, -0.2) is 0 Å². The zero-order valence-corrected chi connectivity index (χ0v) is 19.8. The van der Waals surface area contributed by atoms with Crippen molar-refractivity contribution in [2.24, 2.45) is 5.92 Å². The van der Waals surface area contributed by atoms with Crippen molar-refractivity contribution < 1.29 is 29.6 Å². The van der Waals surface area contributed by atoms with Crippen LogP contribution in [0.2, 0.25) is 0 Å². The van der Waals surface area contributed by atoms with Crippen LogP contribution < -0.4 is 4.74 Å². The monoisotopic (exact) mass is 488 g/mol. The number of phenolic OH excluding ortho intramolecular Hbond substituents is 1. The van der Waals surface area contributed by atoms with E-state index in [1.165, 1.54) is 23.8 Å². The highest BCUT2D eigenvalue weighted by Gasteiger charge is 2.75. The van der Waals surface area contributed by atoms with Gasteiger partial charge in [-0.15, -0.1) is 0 Å². The van der Waals surface area contributed by atoms with E-state index in [0.717, 1.165) is 6.54 Å². The van der Waals surface area contributed by atoms with Crippen molar-refractivity contribution in [3.05, 3.63) is 58.7 Å². The van der Waals surface area contributed by atoms with E-state index in [9.17, 15) is 24.9 Å². The van der Waals surface area contributed by atoms with Gasteiger partial charge in [-0.1, -0.05) is 18.2 Å². The molecule has 3 aliphatic carbocycles. The molecule has 3 N–H and O–H groups in total. The second-order valence-electron chi connectivity index (χ2n) is 11.5. The van der Waals surface area contributed by atoms with Crippen molar-refractivity contribution in [1.29, 1.82) is 0 Å². The van der Waals surface area contributed by atoms with E-state index in [-0.39, 0.29) is 23.3 Å². The summed E-state index contributed by atoms with van der Waals surface area (Å²) in [4.78, 5) is 30.5. The summed E-state index contributed by atoms with van der Waals surface area (Å²) in [5, 5.41) is 35.0. The Hall–Kier alpha value is -2.94. The number of phenols is 1. The molecule has 36 heavy (non-hydrogen) atoms. The Morgan fingerprint density at radius 1 is 1.00 bits per heavy atom. The van der Waals surface area contributed by atoms with Crippen molar-refractivity contribution in [3.63, 3.8) is 0 Å². The van der Waals surface area contributed by atoms with Gasteiger partial charge in [0.2, 0.25) is 0 Å². The van der Waals surface area contributed by atoms with E-state index in [4.69, 9.17) is 4.74 Å². The van der Waals surface area contributed by atoms with Gasteiger partial charge in [-0.3, -0.25) is 19.4 Å². The summed E-state index contributed by atoms with van der Waals surface area (Å²) >= 11 is 0. The maximum atomic E-state index is 13.5. The molecular weight excluding hydrogens is 460 g/mol. The smallest absolute Gasteiger partial charge is 0.261 e. The first-order valence-electron chi connectivity index (χ1n) is 13.0. The van der Waals surface area contributed by atoms with E-state index < -0.39 is 35.3 Å². The highest BCUT2D eigenvalue weighted by Crippen LogP contribution is 2.68. The zero-order valence-electron chi connectivity index (χ0n) is 19.8. The third kappa shape index (κ3) is 2.28. The van der Waals surface area contributed by atoms with Crippen LogP contribution in [0.1, 0.15) is 70.1 Å². The highest BCUT2D eigenvalue weighted by molar-refractivity contribution is 6.21. The van der Waals surface area contributed by atoms with E-state index in [1.807, 2.05) is 0 Å². The molecule has 3 heterocycles. The maximum Gasteiger partial charge on any atom is 0.261 e. The molecule has 8 rings (SSSR count). The Labute approximate surface area is 208 Å². The van der Waals surface area contributed by atoms with Crippen LogP contribution >= 0.6 is 0 Å². The number of piperidine rings is 1. The van der Waals surface area contributed by atoms with Crippen LogP contribution in [0, 0.1) is 5.92 Å². The summed E-state index contributed by atoms with van der Waals surface area (Å²) in [6.07, 6.45) is 1.96. The fourth-order valence-corrected chi connectivity index (χ4v) is 8.29. The number of ether oxygens (including phenoxy) is 1. The van der Waals surface area contributed by atoms with Gasteiger partial charge in [0, 0.05) is 12.1 Å². The van der Waals surface area contributed by atoms with Crippen molar-refractivity contribution in [2.75, 3.05) is 13.1 Å². The molecule has 8 heteroatoms. The minimum Gasteiger partial charge on any atom is -0.504 e. The Kier molecular flexibility index (Phi) is 3.93. The third-order valence-electron chi connectivity index (χ3n) is 9.93. The molecule has 5 unspecified atom stereocenters. The molecule has 0 aromatic heterocycles. The fourth-order valence-electron chi connectivity index (χ4n) is 8.29. The number of amides is 2. The molecule has 186 valence electrons. The standard InChI is InChI=1S/C28H28N2O6/c31-19-8-7-17-20-22(19)36-24-18(30-25(33)15-3-1-2-4-16(15)26(30)34)9-10-28(35)23(21(17)32)29(13-14-5-6-14)12-11-27(20,24)28/h1-4,7-8,14,18,21,23-24,31-32,35H,5-6,9-13H2/t18?,21-,23?,24?,27?,28?/m0/s1. The van der Waals surface area contributed by atoms with Crippen molar-refractivity contribution in [2.45, 2.75) is 67.4 Å².